The van der Waals surface area contributed by atoms with E-state index in [0.29, 0.717) is 51.1 Å². The molecule has 6 unspecified atom stereocenters. The highest BCUT2D eigenvalue weighted by molar-refractivity contribution is 6.63. The summed E-state index contributed by atoms with van der Waals surface area (Å²) in [4.78, 5) is 46.0. The molecular formula is C89H167Cl3O13. The smallest absolute Gasteiger partial charge is 0.306 e. The molecule has 622 valence electrons. The second kappa shape index (κ2) is 86.0. The third kappa shape index (κ3) is 84.3. The normalized spacial score (nSPS) is 15.4. The first-order chi connectivity index (χ1) is 51.2. The molecule has 0 spiro atoms. The lowest BCUT2D eigenvalue weighted by atomic mass is 10.0. The number of carboxylic acids is 1. The Kier molecular flexibility index (Phi) is 86.1. The summed E-state index contributed by atoms with van der Waals surface area (Å²) >= 11 is 14.4. The number of aliphatic hydroxyl groups is 1. The van der Waals surface area contributed by atoms with Crippen LogP contribution in [0, 0.1) is 0 Å². The molecule has 2 saturated heterocycles. The van der Waals surface area contributed by atoms with Crippen molar-refractivity contribution in [3.05, 3.63) is 25.3 Å². The third-order valence-electron chi connectivity index (χ3n) is 20.2. The summed E-state index contributed by atoms with van der Waals surface area (Å²) < 4.78 is 39.6. The standard InChI is InChI=1S/C44H82O6.C23H44O4.C21H40O3.CHCl3/c1-4-7-9-23-31-40(32-25-19-15-11-13-17-21-27-35-42(45)47-38-6-3)49-43(46)36-28-22-18-14-12-16-20-26-34-41(33-24-10-8-5-2)50-44-37-29-30-39-48-44;1-2-3-4-11-16-21(27-23-19-14-15-20-26-23)17-12-9-7-5-6-8-10-13-18-22(24)25;1-3-5-6-13-16-20(22)17-14-11-9-7-8-10-12-15-18-21(23)24-19-4-2;2-1(3)4/h6,40-41,44H,3-5,7-39H2,1-2H3;21,23H,2-20H2,1H3,(H,24,25);4,20,22H,2-3,5-19H2,1H3;1H. The maximum atomic E-state index is 12.7. The molecule has 13 nitrogen and oxygen atoms in total. The number of alkyl halides is 3. The number of carbonyl (C=O) groups excluding carboxylic acids is 3. The Balaban J connectivity index is 0. The molecule has 6 atom stereocenters. The summed E-state index contributed by atoms with van der Waals surface area (Å²) in [5, 5.41) is 18.5. The van der Waals surface area contributed by atoms with E-state index in [1.807, 2.05) is 0 Å². The maximum absolute atomic E-state index is 12.7. The van der Waals surface area contributed by atoms with Gasteiger partial charge in [-0.15, -0.1) is 0 Å². The number of hydrogen-bond donors (Lipinski definition) is 2. The first kappa shape index (κ1) is 105. The molecule has 0 aliphatic carbocycles. The first-order valence-electron chi connectivity index (χ1n) is 44.3. The highest BCUT2D eigenvalue weighted by Crippen LogP contribution is 2.26. The fourth-order valence-electron chi connectivity index (χ4n) is 13.8. The zero-order chi connectivity index (χ0) is 77.2. The van der Waals surface area contributed by atoms with Crippen LogP contribution in [0.5, 0.6) is 0 Å². The van der Waals surface area contributed by atoms with Crippen LogP contribution < -0.4 is 0 Å². The van der Waals surface area contributed by atoms with E-state index in [-0.39, 0.29) is 42.7 Å². The Morgan fingerprint density at radius 3 is 0.876 bits per heavy atom. The number of unbranched alkanes of at least 4 members (excludes halogenated alkanes) is 40. The summed E-state index contributed by atoms with van der Waals surface area (Å²) in [6.07, 6.45) is 79.7. The van der Waals surface area contributed by atoms with Gasteiger partial charge in [-0.1, -0.05) is 357 Å². The van der Waals surface area contributed by atoms with E-state index < -0.39 is 10.3 Å². The van der Waals surface area contributed by atoms with E-state index in [0.717, 1.165) is 122 Å². The van der Waals surface area contributed by atoms with Crippen molar-refractivity contribution in [1.82, 2.24) is 0 Å². The van der Waals surface area contributed by atoms with E-state index in [9.17, 15) is 24.3 Å². The maximum Gasteiger partial charge on any atom is 0.306 e. The summed E-state index contributed by atoms with van der Waals surface area (Å²) in [7, 11) is 0. The number of carbonyl (C=O) groups is 4. The number of hydrogen-bond acceptors (Lipinski definition) is 12. The summed E-state index contributed by atoms with van der Waals surface area (Å²) in [6, 6.07) is 0. The number of aliphatic hydroxyl groups excluding tert-OH is 1. The number of ether oxygens (including phenoxy) is 7. The van der Waals surface area contributed by atoms with Crippen LogP contribution in [0.4, 0.5) is 0 Å². The van der Waals surface area contributed by atoms with Gasteiger partial charge in [0, 0.05) is 38.9 Å². The number of halogens is 3. The molecule has 0 bridgehead atoms. The van der Waals surface area contributed by atoms with Crippen LogP contribution in [-0.4, -0.2) is 102 Å². The number of carboxylic acid groups (broad SMARTS) is 1. The van der Waals surface area contributed by atoms with Crippen LogP contribution in [0.3, 0.4) is 0 Å². The SMILES string of the molecule is C=CCOC(=O)CCCCCCCCCCC(CCCCCC)OC(=O)CCCCCCCCCCC(CCCCCC)OC1CCCCO1.C=CCOC(=O)CCCCCCCCCCC(O)CCCCCC.CCCCCCC(CCCCCCCCCCC(=O)O)OC1CCCCO1.ClC(Cl)Cl. The van der Waals surface area contributed by atoms with Crippen molar-refractivity contribution < 1.29 is 62.5 Å². The van der Waals surface area contributed by atoms with E-state index in [1.54, 1.807) is 12.2 Å². The zero-order valence-electron chi connectivity index (χ0n) is 68.6. The average molecular weight is 1550 g/mol. The Morgan fingerprint density at radius 2 is 0.610 bits per heavy atom. The topological polar surface area (TPSA) is 173 Å². The van der Waals surface area contributed by atoms with E-state index >= 15 is 0 Å². The quantitative estimate of drug-likeness (QED) is 0.0194. The lowest BCUT2D eigenvalue weighted by Crippen LogP contribution is -2.28. The molecule has 2 aliphatic heterocycles. The molecule has 0 saturated carbocycles. The van der Waals surface area contributed by atoms with Gasteiger partial charge in [-0.3, -0.25) is 19.2 Å². The molecule has 2 fully saturated rings. The van der Waals surface area contributed by atoms with Gasteiger partial charge in [0.2, 0.25) is 0 Å². The molecule has 2 aliphatic rings. The van der Waals surface area contributed by atoms with E-state index in [2.05, 4.69) is 40.9 Å². The molecule has 2 rings (SSSR count). The third-order valence-corrected chi connectivity index (χ3v) is 20.2. The van der Waals surface area contributed by atoms with Crippen molar-refractivity contribution in [1.29, 1.82) is 0 Å². The highest BCUT2D eigenvalue weighted by atomic mass is 35.6. The minimum atomic E-state index is -0.750. The minimum absolute atomic E-state index is 0.0176. The number of esters is 3. The molecular weight excluding hydrogens is 1380 g/mol. The van der Waals surface area contributed by atoms with Crippen molar-refractivity contribution in [2.75, 3.05) is 26.4 Å². The molecule has 0 radical (unpaired) electrons. The van der Waals surface area contributed by atoms with Crippen LogP contribution >= 0.6 is 34.8 Å². The second-order valence-corrected chi connectivity index (χ2v) is 32.3. The summed E-state index contributed by atoms with van der Waals surface area (Å²) in [6.45, 7) is 18.4. The molecule has 16 heteroatoms. The molecule has 0 amide bonds. The molecule has 0 aromatic rings. The molecule has 2 heterocycles. The van der Waals surface area contributed by atoms with Crippen molar-refractivity contribution in [3.63, 3.8) is 0 Å². The van der Waals surface area contributed by atoms with Crippen molar-refractivity contribution >= 4 is 58.7 Å². The summed E-state index contributed by atoms with van der Waals surface area (Å²) in [5.74, 6) is -0.872. The average Bonchev–Trinajstić information content (AvgIpc) is 0.965. The monoisotopic (exact) mass is 1550 g/mol. The Hall–Kier alpha value is -1.97. The predicted molar refractivity (Wildman–Crippen MR) is 444 cm³/mol. The second-order valence-electron chi connectivity index (χ2n) is 30.3. The van der Waals surface area contributed by atoms with Crippen molar-refractivity contribution in [3.8, 4) is 0 Å². The molecule has 2 N–H and O–H groups in total. The zero-order valence-corrected chi connectivity index (χ0v) is 70.9. The van der Waals surface area contributed by atoms with Crippen molar-refractivity contribution in [2.24, 2.45) is 0 Å². The van der Waals surface area contributed by atoms with Crippen LogP contribution in [-0.2, 0) is 52.3 Å². The van der Waals surface area contributed by atoms with Gasteiger partial charge in [-0.05, 0) is 128 Å². The Morgan fingerprint density at radius 1 is 0.362 bits per heavy atom. The fraction of sp³-hybridized carbons (Fsp3) is 0.910. The lowest BCUT2D eigenvalue weighted by Gasteiger charge is -2.28. The van der Waals surface area contributed by atoms with E-state index in [1.165, 1.54) is 289 Å². The van der Waals surface area contributed by atoms with Gasteiger partial charge < -0.3 is 43.4 Å². The van der Waals surface area contributed by atoms with Gasteiger partial charge in [0.15, 0.2) is 16.9 Å². The largest absolute Gasteiger partial charge is 0.481 e. The molecule has 105 heavy (non-hydrogen) atoms. The minimum Gasteiger partial charge on any atom is -0.481 e. The Labute approximate surface area is 661 Å². The van der Waals surface area contributed by atoms with Crippen molar-refractivity contribution in [2.45, 2.75) is 493 Å². The van der Waals surface area contributed by atoms with Gasteiger partial charge in [0.25, 0.3) is 0 Å². The van der Waals surface area contributed by atoms with E-state index in [4.69, 9.17) is 73.1 Å². The van der Waals surface area contributed by atoms with Crippen LogP contribution in [0.15, 0.2) is 25.3 Å². The predicted octanol–water partition coefficient (Wildman–Crippen LogP) is 28.1. The number of aliphatic carboxylic acids is 1. The van der Waals surface area contributed by atoms with Crippen LogP contribution in [0.25, 0.3) is 0 Å². The van der Waals surface area contributed by atoms with Gasteiger partial charge in [0.1, 0.15) is 19.3 Å². The fourth-order valence-corrected chi connectivity index (χ4v) is 13.8. The molecule has 0 aromatic heterocycles. The molecule has 0 aromatic carbocycles. The number of rotatable bonds is 73. The Bertz CT molecular complexity index is 1830. The lowest BCUT2D eigenvalue weighted by molar-refractivity contribution is -0.191. The van der Waals surface area contributed by atoms with Crippen LogP contribution in [0.2, 0.25) is 0 Å². The van der Waals surface area contributed by atoms with Gasteiger partial charge >= 0.3 is 23.9 Å². The summed E-state index contributed by atoms with van der Waals surface area (Å²) in [5.41, 5.74) is 0. The van der Waals surface area contributed by atoms with Gasteiger partial charge in [-0.25, -0.2) is 0 Å². The highest BCUT2D eigenvalue weighted by Gasteiger charge is 2.22. The first-order valence-corrected chi connectivity index (χ1v) is 45.6. The van der Waals surface area contributed by atoms with Crippen LogP contribution in [0.1, 0.15) is 451 Å². The van der Waals surface area contributed by atoms with Gasteiger partial charge in [0.05, 0.1) is 18.3 Å². The van der Waals surface area contributed by atoms with Gasteiger partial charge in [-0.2, -0.15) is 0 Å².